The summed E-state index contributed by atoms with van der Waals surface area (Å²) in [5.74, 6) is -0.244. The first-order chi connectivity index (χ1) is 10.4. The molecule has 116 valence electrons. The van der Waals surface area contributed by atoms with Crippen LogP contribution >= 0.6 is 0 Å². The van der Waals surface area contributed by atoms with E-state index in [1.54, 1.807) is 6.92 Å². The maximum absolute atomic E-state index is 12.4. The molecule has 0 saturated heterocycles. The Kier molecular flexibility index (Phi) is 4.59. The van der Waals surface area contributed by atoms with Crippen molar-refractivity contribution < 1.29 is 22.7 Å². The molecule has 0 amide bonds. The minimum absolute atomic E-state index is 0.240. The van der Waals surface area contributed by atoms with Crippen LogP contribution in [0.15, 0.2) is 36.8 Å². The molecule has 0 aliphatic rings. The molecule has 0 aromatic carbocycles. The number of carbonyl (C=O) groups is 1. The minimum atomic E-state index is -4.43. The highest BCUT2D eigenvalue weighted by Crippen LogP contribution is 2.28. The summed E-state index contributed by atoms with van der Waals surface area (Å²) in [6.07, 6.45) is 2.03. The van der Waals surface area contributed by atoms with E-state index in [0.29, 0.717) is 5.56 Å². The average Bonchev–Trinajstić information content (AvgIpc) is 2.93. The van der Waals surface area contributed by atoms with E-state index in [2.05, 4.69) is 10.1 Å². The molecule has 22 heavy (non-hydrogen) atoms. The van der Waals surface area contributed by atoms with Crippen molar-refractivity contribution in [1.82, 2.24) is 14.8 Å². The predicted molar refractivity (Wildman–Crippen MR) is 72.0 cm³/mol. The largest absolute Gasteiger partial charge is 0.463 e. The molecule has 0 aliphatic carbocycles. The van der Waals surface area contributed by atoms with E-state index in [4.69, 9.17) is 4.74 Å². The maximum atomic E-state index is 12.4. The van der Waals surface area contributed by atoms with Gasteiger partial charge >= 0.3 is 12.1 Å². The SMILES string of the molecule is CCOC(=O)/C=C/c1cnn(-c2ccc(C(F)(F)F)cn2)c1. The topological polar surface area (TPSA) is 57.0 Å². The van der Waals surface area contributed by atoms with E-state index in [1.165, 1.54) is 35.3 Å². The van der Waals surface area contributed by atoms with Crippen LogP contribution in [0.25, 0.3) is 11.9 Å². The van der Waals surface area contributed by atoms with Gasteiger partial charge in [0.1, 0.15) is 0 Å². The standard InChI is InChI=1S/C14H12F3N3O2/c1-2-22-13(21)6-3-10-7-19-20(9-10)12-5-4-11(8-18-12)14(15,16)17/h3-9H,2H2,1H3/b6-3+. The Labute approximate surface area is 124 Å². The first-order valence-corrected chi connectivity index (χ1v) is 6.33. The van der Waals surface area contributed by atoms with E-state index in [0.717, 1.165) is 12.3 Å². The predicted octanol–water partition coefficient (Wildman–Crippen LogP) is 2.86. The average molecular weight is 311 g/mol. The molecule has 5 nitrogen and oxygen atoms in total. The molecule has 0 unspecified atom stereocenters. The van der Waals surface area contributed by atoms with Gasteiger partial charge in [0.05, 0.1) is 18.4 Å². The van der Waals surface area contributed by atoms with Gasteiger partial charge in [-0.3, -0.25) is 0 Å². The van der Waals surface area contributed by atoms with Gasteiger partial charge in [-0.2, -0.15) is 18.3 Å². The van der Waals surface area contributed by atoms with E-state index >= 15 is 0 Å². The Balaban J connectivity index is 2.13. The summed E-state index contributed by atoms with van der Waals surface area (Å²) >= 11 is 0. The van der Waals surface area contributed by atoms with Crippen LogP contribution in [-0.2, 0) is 15.7 Å². The van der Waals surface area contributed by atoms with Gasteiger partial charge in [0, 0.05) is 24.0 Å². The summed E-state index contributed by atoms with van der Waals surface area (Å²) in [6, 6.07) is 2.15. The first-order valence-electron chi connectivity index (χ1n) is 6.33. The summed E-state index contributed by atoms with van der Waals surface area (Å²) in [7, 11) is 0. The highest BCUT2D eigenvalue weighted by Gasteiger charge is 2.30. The lowest BCUT2D eigenvalue weighted by molar-refractivity contribution is -0.138. The zero-order chi connectivity index (χ0) is 16.2. The number of alkyl halides is 3. The smallest absolute Gasteiger partial charge is 0.417 e. The zero-order valence-corrected chi connectivity index (χ0v) is 11.5. The van der Waals surface area contributed by atoms with Crippen LogP contribution in [0.4, 0.5) is 13.2 Å². The Morgan fingerprint density at radius 3 is 2.73 bits per heavy atom. The second-order valence-electron chi connectivity index (χ2n) is 4.21. The second-order valence-corrected chi connectivity index (χ2v) is 4.21. The third-order valence-corrected chi connectivity index (χ3v) is 2.61. The van der Waals surface area contributed by atoms with Crippen molar-refractivity contribution in [3.63, 3.8) is 0 Å². The number of esters is 1. The van der Waals surface area contributed by atoms with Crippen LogP contribution in [0.3, 0.4) is 0 Å². The number of hydrogen-bond donors (Lipinski definition) is 0. The molecule has 2 heterocycles. The molecule has 0 atom stereocenters. The molecule has 0 saturated carbocycles. The number of rotatable bonds is 4. The van der Waals surface area contributed by atoms with Gasteiger partial charge in [0.2, 0.25) is 0 Å². The van der Waals surface area contributed by atoms with Crippen molar-refractivity contribution in [2.75, 3.05) is 6.61 Å². The molecule has 0 N–H and O–H groups in total. The molecule has 0 fully saturated rings. The minimum Gasteiger partial charge on any atom is -0.463 e. The van der Waals surface area contributed by atoms with Crippen molar-refractivity contribution in [1.29, 1.82) is 0 Å². The Bertz CT molecular complexity index is 675. The molecule has 2 rings (SSSR count). The summed E-state index contributed by atoms with van der Waals surface area (Å²) in [4.78, 5) is 14.9. The van der Waals surface area contributed by atoms with Crippen molar-refractivity contribution in [3.8, 4) is 5.82 Å². The van der Waals surface area contributed by atoms with Gasteiger partial charge in [-0.1, -0.05) is 0 Å². The molecule has 0 radical (unpaired) electrons. The Hall–Kier alpha value is -2.64. The summed E-state index contributed by atoms with van der Waals surface area (Å²) in [6.45, 7) is 1.97. The molecule has 8 heteroatoms. The highest BCUT2D eigenvalue weighted by molar-refractivity contribution is 5.86. The third kappa shape index (κ3) is 3.94. The molecular formula is C14H12F3N3O2. The van der Waals surface area contributed by atoms with Gasteiger partial charge in [0.25, 0.3) is 0 Å². The molecule has 2 aromatic heterocycles. The summed E-state index contributed by atoms with van der Waals surface area (Å²) in [5, 5.41) is 3.97. The number of nitrogens with zero attached hydrogens (tertiary/aromatic N) is 3. The molecular weight excluding hydrogens is 299 g/mol. The number of ether oxygens (including phenoxy) is 1. The lowest BCUT2D eigenvalue weighted by atomic mass is 10.3. The van der Waals surface area contributed by atoms with Crippen molar-refractivity contribution in [2.45, 2.75) is 13.1 Å². The number of hydrogen-bond acceptors (Lipinski definition) is 4. The van der Waals surface area contributed by atoms with Gasteiger partial charge in [-0.25, -0.2) is 14.5 Å². The fraction of sp³-hybridized carbons (Fsp3) is 0.214. The molecule has 0 spiro atoms. The van der Waals surface area contributed by atoms with E-state index < -0.39 is 17.7 Å². The fourth-order valence-corrected chi connectivity index (χ4v) is 1.59. The zero-order valence-electron chi connectivity index (χ0n) is 11.5. The molecule has 0 bridgehead atoms. The lowest BCUT2D eigenvalue weighted by Crippen LogP contribution is -2.06. The Morgan fingerprint density at radius 2 is 2.14 bits per heavy atom. The van der Waals surface area contributed by atoms with E-state index in [1.807, 2.05) is 0 Å². The quantitative estimate of drug-likeness (QED) is 0.643. The summed E-state index contributed by atoms with van der Waals surface area (Å²) in [5.41, 5.74) is -0.236. The van der Waals surface area contributed by atoms with Crippen molar-refractivity contribution >= 4 is 12.0 Å². The lowest BCUT2D eigenvalue weighted by Gasteiger charge is -2.06. The van der Waals surface area contributed by atoms with Crippen molar-refractivity contribution in [2.24, 2.45) is 0 Å². The van der Waals surface area contributed by atoms with Gasteiger partial charge in [-0.05, 0) is 25.1 Å². The number of carbonyl (C=O) groups excluding carboxylic acids is 1. The van der Waals surface area contributed by atoms with E-state index in [9.17, 15) is 18.0 Å². The monoisotopic (exact) mass is 311 g/mol. The number of pyridine rings is 1. The number of halogens is 3. The van der Waals surface area contributed by atoms with Crippen molar-refractivity contribution in [3.05, 3.63) is 47.9 Å². The van der Waals surface area contributed by atoms with Crippen LogP contribution < -0.4 is 0 Å². The van der Waals surface area contributed by atoms with Crippen LogP contribution in [-0.4, -0.2) is 27.3 Å². The molecule has 0 aliphatic heterocycles. The summed E-state index contributed by atoms with van der Waals surface area (Å²) < 4.78 is 43.4. The maximum Gasteiger partial charge on any atom is 0.417 e. The normalized spacial score (nSPS) is 11.8. The highest BCUT2D eigenvalue weighted by atomic mass is 19.4. The van der Waals surface area contributed by atoms with Crippen LogP contribution in [0.2, 0.25) is 0 Å². The van der Waals surface area contributed by atoms with Gasteiger partial charge in [0.15, 0.2) is 5.82 Å². The first kappa shape index (κ1) is 15.7. The van der Waals surface area contributed by atoms with Crippen LogP contribution in [0.5, 0.6) is 0 Å². The number of aromatic nitrogens is 3. The second kappa shape index (κ2) is 6.42. The van der Waals surface area contributed by atoms with E-state index in [-0.39, 0.29) is 12.4 Å². The van der Waals surface area contributed by atoms with Crippen LogP contribution in [0.1, 0.15) is 18.1 Å². The Morgan fingerprint density at radius 1 is 1.36 bits per heavy atom. The van der Waals surface area contributed by atoms with Gasteiger partial charge < -0.3 is 4.74 Å². The van der Waals surface area contributed by atoms with Crippen LogP contribution in [0, 0.1) is 0 Å². The molecule has 2 aromatic rings. The fourth-order valence-electron chi connectivity index (χ4n) is 1.59. The third-order valence-electron chi connectivity index (χ3n) is 2.61. The van der Waals surface area contributed by atoms with Gasteiger partial charge in [-0.15, -0.1) is 0 Å².